The fraction of sp³-hybridized carbons (Fsp3) is 0.846. The second kappa shape index (κ2) is 4.31. The number of carbonyl (C=O) groups excluding carboxylic acids is 2. The van der Waals surface area contributed by atoms with E-state index >= 15 is 0 Å². The van der Waals surface area contributed by atoms with Gasteiger partial charge in [0.05, 0.1) is 11.3 Å². The predicted octanol–water partition coefficient (Wildman–Crippen LogP) is 2.31. The molecule has 0 radical (unpaired) electrons. The minimum Gasteiger partial charge on any atom is -0.458 e. The van der Waals surface area contributed by atoms with Crippen molar-refractivity contribution >= 4 is 11.9 Å². The monoisotopic (exact) mass is 242 g/mol. The predicted molar refractivity (Wildman–Crippen MR) is 63.3 cm³/mol. The molecule has 4 nitrogen and oxygen atoms in total. The van der Waals surface area contributed by atoms with E-state index in [1.807, 2.05) is 20.8 Å². The maximum absolute atomic E-state index is 12.1. The van der Waals surface area contributed by atoms with Gasteiger partial charge in [-0.3, -0.25) is 9.59 Å². The molecular weight excluding hydrogens is 220 g/mol. The zero-order valence-electron chi connectivity index (χ0n) is 11.5. The van der Waals surface area contributed by atoms with Crippen molar-refractivity contribution in [1.82, 2.24) is 0 Å². The van der Waals surface area contributed by atoms with Crippen LogP contribution < -0.4 is 0 Å². The highest BCUT2D eigenvalue weighted by atomic mass is 16.6. The number of hydrogen-bond donors (Lipinski definition) is 0. The van der Waals surface area contributed by atoms with Crippen LogP contribution in [-0.4, -0.2) is 23.6 Å². The van der Waals surface area contributed by atoms with Crippen LogP contribution in [0.15, 0.2) is 0 Å². The van der Waals surface area contributed by atoms with Crippen molar-refractivity contribution in [3.63, 3.8) is 0 Å². The highest BCUT2D eigenvalue weighted by Gasteiger charge is 2.53. The number of esters is 2. The number of hydrogen-bond acceptors (Lipinski definition) is 4. The Bertz CT molecular complexity index is 334. The van der Waals surface area contributed by atoms with E-state index in [4.69, 9.17) is 9.47 Å². The number of ether oxygens (including phenoxy) is 2. The quantitative estimate of drug-likeness (QED) is 0.713. The number of cyclic esters (lactones) is 1. The summed E-state index contributed by atoms with van der Waals surface area (Å²) in [4.78, 5) is 23.6. The lowest BCUT2D eigenvalue weighted by atomic mass is 9.86. The molecule has 0 aromatic rings. The van der Waals surface area contributed by atoms with Crippen molar-refractivity contribution in [2.75, 3.05) is 0 Å². The maximum Gasteiger partial charge on any atom is 0.313 e. The Morgan fingerprint density at radius 2 is 2.00 bits per heavy atom. The lowest BCUT2D eigenvalue weighted by molar-refractivity contribution is -0.176. The van der Waals surface area contributed by atoms with Gasteiger partial charge in [-0.25, -0.2) is 0 Å². The normalized spacial score (nSPS) is 33.4. The Kier molecular flexibility index (Phi) is 3.55. The van der Waals surface area contributed by atoms with Crippen LogP contribution in [-0.2, 0) is 19.1 Å². The van der Waals surface area contributed by atoms with Crippen molar-refractivity contribution in [2.45, 2.75) is 59.7 Å². The van der Waals surface area contributed by atoms with Crippen molar-refractivity contribution in [1.29, 1.82) is 0 Å². The van der Waals surface area contributed by atoms with E-state index in [2.05, 4.69) is 0 Å². The minimum atomic E-state index is -0.861. The van der Waals surface area contributed by atoms with Gasteiger partial charge >= 0.3 is 11.9 Å². The van der Waals surface area contributed by atoms with Gasteiger partial charge in [-0.05, 0) is 41.0 Å². The van der Waals surface area contributed by atoms with E-state index < -0.39 is 23.0 Å². The highest BCUT2D eigenvalue weighted by Crippen LogP contribution is 2.37. The third kappa shape index (κ3) is 2.31. The smallest absolute Gasteiger partial charge is 0.313 e. The van der Waals surface area contributed by atoms with Gasteiger partial charge in [-0.2, -0.15) is 0 Å². The molecule has 0 amide bonds. The van der Waals surface area contributed by atoms with E-state index in [9.17, 15) is 9.59 Å². The summed E-state index contributed by atoms with van der Waals surface area (Å²) in [6.45, 7) is 10.9. The van der Waals surface area contributed by atoms with Crippen molar-refractivity contribution in [3.05, 3.63) is 0 Å². The summed E-state index contributed by atoms with van der Waals surface area (Å²) in [5.41, 5.74) is -1.39. The lowest BCUT2D eigenvalue weighted by Crippen LogP contribution is -2.46. The molecule has 1 heterocycles. The Labute approximate surface area is 103 Å². The third-order valence-corrected chi connectivity index (χ3v) is 4.06. The molecular formula is C13H22O4. The first kappa shape index (κ1) is 14.0. The van der Waals surface area contributed by atoms with Crippen molar-refractivity contribution < 1.29 is 19.1 Å². The number of rotatable bonds is 3. The Morgan fingerprint density at radius 1 is 1.47 bits per heavy atom. The van der Waals surface area contributed by atoms with Crippen LogP contribution in [0.3, 0.4) is 0 Å². The minimum absolute atomic E-state index is 0.278. The largest absolute Gasteiger partial charge is 0.458 e. The fourth-order valence-electron chi connectivity index (χ4n) is 1.63. The summed E-state index contributed by atoms with van der Waals surface area (Å²) in [6, 6.07) is 0. The van der Waals surface area contributed by atoms with Crippen LogP contribution in [0.4, 0.5) is 0 Å². The summed E-state index contributed by atoms with van der Waals surface area (Å²) < 4.78 is 10.7. The van der Waals surface area contributed by atoms with E-state index in [1.54, 1.807) is 20.8 Å². The zero-order valence-corrected chi connectivity index (χ0v) is 11.5. The molecule has 98 valence electrons. The first-order valence-electron chi connectivity index (χ1n) is 6.09. The van der Waals surface area contributed by atoms with Crippen LogP contribution in [0.25, 0.3) is 0 Å². The molecule has 0 saturated carbocycles. The van der Waals surface area contributed by atoms with Crippen LogP contribution >= 0.6 is 0 Å². The van der Waals surface area contributed by atoms with Gasteiger partial charge in [0.1, 0.15) is 6.10 Å². The van der Waals surface area contributed by atoms with Gasteiger partial charge in [0, 0.05) is 0 Å². The molecule has 0 aliphatic carbocycles. The topological polar surface area (TPSA) is 52.6 Å². The molecule has 4 heteroatoms. The molecule has 1 saturated heterocycles. The van der Waals surface area contributed by atoms with E-state index in [0.717, 1.165) is 0 Å². The molecule has 0 aromatic carbocycles. The summed E-state index contributed by atoms with van der Waals surface area (Å²) in [6.07, 6.45) is 0.293. The van der Waals surface area contributed by atoms with Gasteiger partial charge in [-0.15, -0.1) is 0 Å². The molecule has 1 rings (SSSR count). The molecule has 0 N–H and O–H groups in total. The molecule has 17 heavy (non-hydrogen) atoms. The molecule has 1 aliphatic rings. The van der Waals surface area contributed by atoms with Crippen LogP contribution in [0.5, 0.6) is 0 Å². The average molecular weight is 242 g/mol. The molecule has 1 fully saturated rings. The molecule has 1 aliphatic heterocycles. The zero-order chi connectivity index (χ0) is 13.4. The second-order valence-corrected chi connectivity index (χ2v) is 5.61. The average Bonchev–Trinajstić information content (AvgIpc) is 2.43. The van der Waals surface area contributed by atoms with Gasteiger partial charge in [0.15, 0.2) is 5.60 Å². The third-order valence-electron chi connectivity index (χ3n) is 4.06. The summed E-state index contributed by atoms with van der Waals surface area (Å²) in [5.74, 6) is -1.00. The lowest BCUT2D eigenvalue weighted by Gasteiger charge is -2.33. The van der Waals surface area contributed by atoms with Crippen molar-refractivity contribution in [3.8, 4) is 0 Å². The van der Waals surface area contributed by atoms with Gasteiger partial charge in [0.2, 0.25) is 0 Å². The van der Waals surface area contributed by atoms with E-state index in [-0.39, 0.29) is 11.9 Å². The van der Waals surface area contributed by atoms with E-state index in [0.29, 0.717) is 6.42 Å². The summed E-state index contributed by atoms with van der Waals surface area (Å²) >= 11 is 0. The molecule has 0 aromatic heterocycles. The fourth-order valence-corrected chi connectivity index (χ4v) is 1.63. The Balaban J connectivity index is 2.87. The maximum atomic E-state index is 12.1. The summed E-state index contributed by atoms with van der Waals surface area (Å²) in [7, 11) is 0. The van der Waals surface area contributed by atoms with Crippen molar-refractivity contribution in [2.24, 2.45) is 11.3 Å². The first-order valence-corrected chi connectivity index (χ1v) is 6.09. The SMILES string of the molecule is CCC(C)(C)C(=O)OC1(C)C(C)OC(=O)C1C. The molecule has 0 spiro atoms. The van der Waals surface area contributed by atoms with Crippen LogP contribution in [0, 0.1) is 11.3 Å². The highest BCUT2D eigenvalue weighted by molar-refractivity contribution is 5.80. The second-order valence-electron chi connectivity index (χ2n) is 5.61. The molecule has 3 atom stereocenters. The van der Waals surface area contributed by atoms with Crippen LogP contribution in [0.1, 0.15) is 48.0 Å². The standard InChI is InChI=1S/C13H22O4/c1-7-12(4,5)11(15)17-13(6)8(2)10(14)16-9(13)3/h8-9H,7H2,1-6H3. The molecule has 3 unspecified atom stereocenters. The first-order chi connectivity index (χ1) is 7.65. The van der Waals surface area contributed by atoms with Gasteiger partial charge in [-0.1, -0.05) is 6.92 Å². The van der Waals surface area contributed by atoms with E-state index in [1.165, 1.54) is 0 Å². The number of carbonyl (C=O) groups is 2. The van der Waals surface area contributed by atoms with Gasteiger partial charge in [0.25, 0.3) is 0 Å². The Hall–Kier alpha value is -1.06. The van der Waals surface area contributed by atoms with Gasteiger partial charge < -0.3 is 9.47 Å². The molecule has 0 bridgehead atoms. The Morgan fingerprint density at radius 3 is 2.35 bits per heavy atom. The van der Waals surface area contributed by atoms with Crippen LogP contribution in [0.2, 0.25) is 0 Å². The summed E-state index contributed by atoms with van der Waals surface area (Å²) in [5, 5.41) is 0.